The molecule has 0 aliphatic rings. The van der Waals surface area contributed by atoms with Crippen LogP contribution in [0.1, 0.15) is 12.0 Å². The summed E-state index contributed by atoms with van der Waals surface area (Å²) in [5.41, 5.74) is 3.27. The molecule has 0 aliphatic carbocycles. The highest BCUT2D eigenvalue weighted by molar-refractivity contribution is 5.88. The van der Waals surface area contributed by atoms with Gasteiger partial charge in [0.1, 0.15) is 12.1 Å². The second kappa shape index (κ2) is 6.18. The molecule has 0 radical (unpaired) electrons. The van der Waals surface area contributed by atoms with Crippen LogP contribution < -0.4 is 5.32 Å². The molecule has 3 rings (SSSR count). The SMILES string of the molecule is C=C(CCNc1ncnc2ccccc12)c1ccccc1. The third-order valence-electron chi connectivity index (χ3n) is 3.44. The predicted molar refractivity (Wildman–Crippen MR) is 88.1 cm³/mol. The van der Waals surface area contributed by atoms with Gasteiger partial charge in [0.15, 0.2) is 0 Å². The summed E-state index contributed by atoms with van der Waals surface area (Å²) in [6, 6.07) is 18.3. The first-order valence-electron chi connectivity index (χ1n) is 7.01. The van der Waals surface area contributed by atoms with Crippen LogP contribution in [0.2, 0.25) is 0 Å². The molecular weight excluding hydrogens is 258 g/mol. The molecule has 3 nitrogen and oxygen atoms in total. The minimum absolute atomic E-state index is 0.800. The van der Waals surface area contributed by atoms with Crippen molar-refractivity contribution in [3.8, 4) is 0 Å². The first-order valence-corrected chi connectivity index (χ1v) is 7.01. The molecule has 0 atom stereocenters. The van der Waals surface area contributed by atoms with Gasteiger partial charge in [-0.15, -0.1) is 0 Å². The quantitative estimate of drug-likeness (QED) is 0.760. The summed E-state index contributed by atoms with van der Waals surface area (Å²) in [5, 5.41) is 4.42. The summed E-state index contributed by atoms with van der Waals surface area (Å²) in [4.78, 5) is 8.59. The van der Waals surface area contributed by atoms with Gasteiger partial charge in [0.05, 0.1) is 5.52 Å². The Morgan fingerprint density at radius 2 is 1.71 bits per heavy atom. The van der Waals surface area contributed by atoms with E-state index in [1.807, 2.05) is 42.5 Å². The number of aromatic nitrogens is 2. The zero-order valence-corrected chi connectivity index (χ0v) is 11.8. The molecule has 1 N–H and O–H groups in total. The highest BCUT2D eigenvalue weighted by atomic mass is 15.0. The van der Waals surface area contributed by atoms with Gasteiger partial charge in [0, 0.05) is 11.9 Å². The minimum Gasteiger partial charge on any atom is -0.369 e. The van der Waals surface area contributed by atoms with Crippen LogP contribution in [0, 0.1) is 0 Å². The number of hydrogen-bond acceptors (Lipinski definition) is 3. The molecule has 0 unspecified atom stereocenters. The van der Waals surface area contributed by atoms with Crippen LogP contribution in [-0.2, 0) is 0 Å². The van der Waals surface area contributed by atoms with Gasteiger partial charge in [0.2, 0.25) is 0 Å². The van der Waals surface area contributed by atoms with E-state index in [9.17, 15) is 0 Å². The lowest BCUT2D eigenvalue weighted by atomic mass is 10.1. The van der Waals surface area contributed by atoms with Gasteiger partial charge in [-0.3, -0.25) is 0 Å². The fourth-order valence-electron chi connectivity index (χ4n) is 2.30. The van der Waals surface area contributed by atoms with Gasteiger partial charge in [0.25, 0.3) is 0 Å². The molecule has 0 saturated heterocycles. The van der Waals surface area contributed by atoms with Gasteiger partial charge >= 0.3 is 0 Å². The molecule has 2 aromatic carbocycles. The Hall–Kier alpha value is -2.68. The third-order valence-corrected chi connectivity index (χ3v) is 3.44. The monoisotopic (exact) mass is 275 g/mol. The first kappa shape index (κ1) is 13.3. The van der Waals surface area contributed by atoms with E-state index in [2.05, 4.69) is 34.0 Å². The Balaban J connectivity index is 1.66. The minimum atomic E-state index is 0.800. The van der Waals surface area contributed by atoms with Crippen LogP contribution in [0.15, 0.2) is 67.5 Å². The fraction of sp³-hybridized carbons (Fsp3) is 0.111. The number of rotatable bonds is 5. The zero-order valence-electron chi connectivity index (χ0n) is 11.8. The standard InChI is InChI=1S/C18H17N3/c1-14(15-7-3-2-4-8-15)11-12-19-18-16-9-5-6-10-17(16)20-13-21-18/h2-10,13H,1,11-12H2,(H,19,20,21). The number of fused-ring (bicyclic) bond motifs is 1. The molecule has 1 heterocycles. The summed E-state index contributed by atoms with van der Waals surface area (Å²) in [5.74, 6) is 0.876. The lowest BCUT2D eigenvalue weighted by Gasteiger charge is -2.09. The van der Waals surface area contributed by atoms with Gasteiger partial charge in [-0.25, -0.2) is 9.97 Å². The highest BCUT2D eigenvalue weighted by Crippen LogP contribution is 2.20. The van der Waals surface area contributed by atoms with Crippen LogP contribution in [0.3, 0.4) is 0 Å². The number of benzene rings is 2. The van der Waals surface area contributed by atoms with Crippen molar-refractivity contribution in [1.82, 2.24) is 9.97 Å². The normalized spacial score (nSPS) is 10.5. The Labute approximate surface area is 124 Å². The molecule has 1 aromatic heterocycles. The summed E-state index contributed by atoms with van der Waals surface area (Å²) in [7, 11) is 0. The van der Waals surface area contributed by atoms with Crippen LogP contribution in [0.4, 0.5) is 5.82 Å². The molecule has 0 saturated carbocycles. The molecule has 0 fully saturated rings. The molecular formula is C18H17N3. The molecule has 3 aromatic rings. The molecule has 104 valence electrons. The molecule has 0 aliphatic heterocycles. The van der Waals surface area contributed by atoms with E-state index in [0.29, 0.717) is 0 Å². The fourth-order valence-corrected chi connectivity index (χ4v) is 2.30. The Kier molecular flexibility index (Phi) is 3.92. The molecule has 0 amide bonds. The number of nitrogens with one attached hydrogen (secondary N) is 1. The number of nitrogens with zero attached hydrogens (tertiary/aromatic N) is 2. The van der Waals surface area contributed by atoms with E-state index in [0.717, 1.165) is 35.3 Å². The summed E-state index contributed by atoms with van der Waals surface area (Å²) >= 11 is 0. The second-order valence-electron chi connectivity index (χ2n) is 4.89. The van der Waals surface area contributed by atoms with Crippen LogP contribution in [0.5, 0.6) is 0 Å². The van der Waals surface area contributed by atoms with Crippen LogP contribution in [-0.4, -0.2) is 16.5 Å². The number of hydrogen-bond donors (Lipinski definition) is 1. The second-order valence-corrected chi connectivity index (χ2v) is 4.89. The predicted octanol–water partition coefficient (Wildman–Crippen LogP) is 4.15. The third kappa shape index (κ3) is 3.08. The highest BCUT2D eigenvalue weighted by Gasteiger charge is 2.03. The van der Waals surface area contributed by atoms with Crippen LogP contribution in [0.25, 0.3) is 16.5 Å². The average molecular weight is 275 g/mol. The van der Waals surface area contributed by atoms with E-state index < -0.39 is 0 Å². The number of anilines is 1. The van der Waals surface area contributed by atoms with E-state index in [4.69, 9.17) is 0 Å². The molecule has 0 bridgehead atoms. The van der Waals surface area contributed by atoms with E-state index >= 15 is 0 Å². The molecule has 21 heavy (non-hydrogen) atoms. The lowest BCUT2D eigenvalue weighted by Crippen LogP contribution is -2.05. The van der Waals surface area contributed by atoms with Gasteiger partial charge in [-0.05, 0) is 29.7 Å². The van der Waals surface area contributed by atoms with E-state index in [-0.39, 0.29) is 0 Å². The zero-order chi connectivity index (χ0) is 14.5. The maximum Gasteiger partial charge on any atom is 0.137 e. The largest absolute Gasteiger partial charge is 0.369 e. The number of para-hydroxylation sites is 1. The lowest BCUT2D eigenvalue weighted by molar-refractivity contribution is 1.06. The Morgan fingerprint density at radius 1 is 0.952 bits per heavy atom. The van der Waals surface area contributed by atoms with E-state index in [1.54, 1.807) is 6.33 Å². The van der Waals surface area contributed by atoms with Crippen molar-refractivity contribution in [2.75, 3.05) is 11.9 Å². The Morgan fingerprint density at radius 3 is 2.57 bits per heavy atom. The molecule has 0 spiro atoms. The van der Waals surface area contributed by atoms with Crippen molar-refractivity contribution in [2.24, 2.45) is 0 Å². The average Bonchev–Trinajstić information content (AvgIpc) is 2.56. The maximum atomic E-state index is 4.32. The van der Waals surface area contributed by atoms with Gasteiger partial charge in [-0.2, -0.15) is 0 Å². The van der Waals surface area contributed by atoms with E-state index in [1.165, 1.54) is 5.56 Å². The van der Waals surface area contributed by atoms with Gasteiger partial charge < -0.3 is 5.32 Å². The van der Waals surface area contributed by atoms with Crippen molar-refractivity contribution in [3.05, 3.63) is 73.1 Å². The summed E-state index contributed by atoms with van der Waals surface area (Å²) in [6.07, 6.45) is 2.47. The maximum absolute atomic E-state index is 4.32. The first-order chi connectivity index (χ1) is 10.3. The van der Waals surface area contributed by atoms with Crippen molar-refractivity contribution >= 4 is 22.3 Å². The topological polar surface area (TPSA) is 37.8 Å². The van der Waals surface area contributed by atoms with Crippen molar-refractivity contribution in [2.45, 2.75) is 6.42 Å². The smallest absolute Gasteiger partial charge is 0.137 e. The van der Waals surface area contributed by atoms with Crippen molar-refractivity contribution in [3.63, 3.8) is 0 Å². The summed E-state index contributed by atoms with van der Waals surface area (Å²) < 4.78 is 0. The van der Waals surface area contributed by atoms with Crippen molar-refractivity contribution in [1.29, 1.82) is 0 Å². The van der Waals surface area contributed by atoms with Gasteiger partial charge in [-0.1, -0.05) is 49.0 Å². The van der Waals surface area contributed by atoms with Crippen LogP contribution >= 0.6 is 0 Å². The Bertz CT molecular complexity index is 745. The van der Waals surface area contributed by atoms with Crippen molar-refractivity contribution < 1.29 is 0 Å². The molecule has 3 heteroatoms. The summed E-state index contributed by atoms with van der Waals surface area (Å²) in [6.45, 7) is 4.95.